The summed E-state index contributed by atoms with van der Waals surface area (Å²) in [5.41, 5.74) is 0.614. The highest BCUT2D eigenvalue weighted by Crippen LogP contribution is 2.31. The van der Waals surface area contributed by atoms with E-state index in [1.807, 2.05) is 43.3 Å². The molecule has 0 unspecified atom stereocenters. The first-order valence-corrected chi connectivity index (χ1v) is 6.98. The SMILES string of the molecule is CN(C)c1nc(-c2ccc(C(F)(F)F)cc2)nc2ccccc12. The van der Waals surface area contributed by atoms with Crippen molar-refractivity contribution in [2.75, 3.05) is 19.0 Å². The molecule has 0 fully saturated rings. The normalized spacial score (nSPS) is 11.7. The molecule has 0 spiro atoms. The second-order valence-electron chi connectivity index (χ2n) is 5.36. The molecule has 3 rings (SSSR count). The van der Waals surface area contributed by atoms with Crippen molar-refractivity contribution in [1.82, 2.24) is 9.97 Å². The first-order valence-electron chi connectivity index (χ1n) is 6.98. The maximum Gasteiger partial charge on any atom is 0.416 e. The number of hydrogen-bond acceptors (Lipinski definition) is 3. The molecule has 23 heavy (non-hydrogen) atoms. The van der Waals surface area contributed by atoms with E-state index in [4.69, 9.17) is 0 Å². The summed E-state index contributed by atoms with van der Waals surface area (Å²) in [6.45, 7) is 0. The van der Waals surface area contributed by atoms with Crippen LogP contribution in [-0.4, -0.2) is 24.1 Å². The Bertz CT molecular complexity index is 840. The van der Waals surface area contributed by atoms with Crippen molar-refractivity contribution in [3.8, 4) is 11.4 Å². The average Bonchev–Trinajstić information content (AvgIpc) is 2.53. The zero-order chi connectivity index (χ0) is 16.6. The average molecular weight is 317 g/mol. The molecule has 1 heterocycles. The lowest BCUT2D eigenvalue weighted by Gasteiger charge is -2.15. The third-order valence-electron chi connectivity index (χ3n) is 3.48. The smallest absolute Gasteiger partial charge is 0.362 e. The summed E-state index contributed by atoms with van der Waals surface area (Å²) in [4.78, 5) is 10.8. The van der Waals surface area contributed by atoms with Crippen molar-refractivity contribution in [2.45, 2.75) is 6.18 Å². The molecule has 1 aromatic heterocycles. The molecule has 0 saturated heterocycles. The van der Waals surface area contributed by atoms with E-state index in [0.717, 1.165) is 28.9 Å². The van der Waals surface area contributed by atoms with Crippen LogP contribution >= 0.6 is 0 Å². The first-order chi connectivity index (χ1) is 10.9. The van der Waals surface area contributed by atoms with Gasteiger partial charge in [0.15, 0.2) is 5.82 Å². The number of para-hydroxylation sites is 1. The van der Waals surface area contributed by atoms with E-state index in [2.05, 4.69) is 9.97 Å². The number of anilines is 1. The van der Waals surface area contributed by atoms with E-state index >= 15 is 0 Å². The van der Waals surface area contributed by atoms with Gasteiger partial charge < -0.3 is 4.90 Å². The Kier molecular flexibility index (Phi) is 3.67. The summed E-state index contributed by atoms with van der Waals surface area (Å²) >= 11 is 0. The molecule has 118 valence electrons. The molecule has 2 aromatic carbocycles. The lowest BCUT2D eigenvalue weighted by Crippen LogP contribution is -2.12. The summed E-state index contributed by atoms with van der Waals surface area (Å²) in [6, 6.07) is 12.4. The minimum absolute atomic E-state index is 0.404. The number of rotatable bonds is 2. The predicted molar refractivity (Wildman–Crippen MR) is 84.3 cm³/mol. The molecule has 0 bridgehead atoms. The van der Waals surface area contributed by atoms with Crippen LogP contribution in [0.15, 0.2) is 48.5 Å². The number of halogens is 3. The highest BCUT2D eigenvalue weighted by molar-refractivity contribution is 5.90. The second kappa shape index (κ2) is 5.53. The molecular weight excluding hydrogens is 303 g/mol. The van der Waals surface area contributed by atoms with E-state index in [0.29, 0.717) is 11.4 Å². The van der Waals surface area contributed by atoms with Gasteiger partial charge in [-0.25, -0.2) is 9.97 Å². The van der Waals surface area contributed by atoms with E-state index < -0.39 is 11.7 Å². The molecule has 0 radical (unpaired) electrons. The molecule has 0 aliphatic carbocycles. The van der Waals surface area contributed by atoms with Gasteiger partial charge in [-0.3, -0.25) is 0 Å². The predicted octanol–water partition coefficient (Wildman–Crippen LogP) is 4.38. The summed E-state index contributed by atoms with van der Waals surface area (Å²) in [5.74, 6) is 1.13. The summed E-state index contributed by atoms with van der Waals surface area (Å²) in [7, 11) is 3.73. The van der Waals surface area contributed by atoms with Crippen LogP contribution in [0, 0.1) is 0 Å². The Balaban J connectivity index is 2.13. The monoisotopic (exact) mass is 317 g/mol. The van der Waals surface area contributed by atoms with Crippen molar-refractivity contribution < 1.29 is 13.2 Å². The van der Waals surface area contributed by atoms with Crippen LogP contribution in [0.2, 0.25) is 0 Å². The molecule has 3 aromatic rings. The Labute approximate surface area is 131 Å². The van der Waals surface area contributed by atoms with Gasteiger partial charge in [0.05, 0.1) is 11.1 Å². The molecule has 0 saturated carbocycles. The fourth-order valence-corrected chi connectivity index (χ4v) is 2.34. The number of alkyl halides is 3. The van der Waals surface area contributed by atoms with E-state index in [1.54, 1.807) is 0 Å². The van der Waals surface area contributed by atoms with Crippen molar-refractivity contribution in [1.29, 1.82) is 0 Å². The number of fused-ring (bicyclic) bond motifs is 1. The largest absolute Gasteiger partial charge is 0.416 e. The minimum atomic E-state index is -4.35. The van der Waals surface area contributed by atoms with E-state index in [9.17, 15) is 13.2 Å². The van der Waals surface area contributed by atoms with Gasteiger partial charge in [0.1, 0.15) is 5.82 Å². The number of nitrogens with zero attached hydrogens (tertiary/aromatic N) is 3. The molecular formula is C17H14F3N3. The van der Waals surface area contributed by atoms with Crippen LogP contribution in [0.4, 0.5) is 19.0 Å². The van der Waals surface area contributed by atoms with Gasteiger partial charge in [0.25, 0.3) is 0 Å². The van der Waals surface area contributed by atoms with Crippen molar-refractivity contribution >= 4 is 16.7 Å². The maximum atomic E-state index is 12.7. The molecule has 0 aliphatic rings. The lowest BCUT2D eigenvalue weighted by molar-refractivity contribution is -0.137. The third kappa shape index (κ3) is 2.97. The maximum absolute atomic E-state index is 12.7. The molecule has 0 N–H and O–H groups in total. The van der Waals surface area contributed by atoms with Gasteiger partial charge in [-0.15, -0.1) is 0 Å². The van der Waals surface area contributed by atoms with Gasteiger partial charge in [-0.2, -0.15) is 13.2 Å². The van der Waals surface area contributed by atoms with E-state index in [1.165, 1.54) is 12.1 Å². The highest BCUT2D eigenvalue weighted by Gasteiger charge is 2.30. The molecule has 3 nitrogen and oxygen atoms in total. The standard InChI is InChI=1S/C17H14F3N3/c1-23(2)16-13-5-3-4-6-14(13)21-15(22-16)11-7-9-12(10-8-11)17(18,19)20/h3-10H,1-2H3. The van der Waals surface area contributed by atoms with Crippen molar-refractivity contribution in [3.05, 3.63) is 54.1 Å². The van der Waals surface area contributed by atoms with Crippen molar-refractivity contribution in [2.24, 2.45) is 0 Å². The second-order valence-corrected chi connectivity index (χ2v) is 5.36. The van der Waals surface area contributed by atoms with Crippen LogP contribution in [0.1, 0.15) is 5.56 Å². The van der Waals surface area contributed by atoms with Gasteiger partial charge in [-0.05, 0) is 24.3 Å². The topological polar surface area (TPSA) is 29.0 Å². The van der Waals surface area contributed by atoms with Crippen LogP contribution in [0.5, 0.6) is 0 Å². The fraction of sp³-hybridized carbons (Fsp3) is 0.176. The quantitative estimate of drug-likeness (QED) is 0.702. The lowest BCUT2D eigenvalue weighted by atomic mass is 10.1. The highest BCUT2D eigenvalue weighted by atomic mass is 19.4. The molecule has 0 amide bonds. The summed E-state index contributed by atoms with van der Waals surface area (Å²) in [6.07, 6.45) is -4.35. The van der Waals surface area contributed by atoms with Gasteiger partial charge in [0.2, 0.25) is 0 Å². The van der Waals surface area contributed by atoms with Gasteiger partial charge in [0, 0.05) is 25.0 Å². The fourth-order valence-electron chi connectivity index (χ4n) is 2.34. The number of aromatic nitrogens is 2. The Hall–Kier alpha value is -2.63. The Morgan fingerprint density at radius 3 is 2.13 bits per heavy atom. The summed E-state index contributed by atoms with van der Waals surface area (Å²) in [5, 5.41) is 0.896. The first kappa shape index (κ1) is 15.3. The third-order valence-corrected chi connectivity index (χ3v) is 3.48. The number of hydrogen-bond donors (Lipinski definition) is 0. The van der Waals surface area contributed by atoms with E-state index in [-0.39, 0.29) is 0 Å². The van der Waals surface area contributed by atoms with Crippen LogP contribution in [0.3, 0.4) is 0 Å². The molecule has 0 atom stereocenters. The Morgan fingerprint density at radius 1 is 0.870 bits per heavy atom. The van der Waals surface area contributed by atoms with Gasteiger partial charge >= 0.3 is 6.18 Å². The number of benzene rings is 2. The summed E-state index contributed by atoms with van der Waals surface area (Å²) < 4.78 is 38.0. The zero-order valence-electron chi connectivity index (χ0n) is 12.6. The molecule has 0 aliphatic heterocycles. The Morgan fingerprint density at radius 2 is 1.52 bits per heavy atom. The van der Waals surface area contributed by atoms with Crippen LogP contribution in [0.25, 0.3) is 22.3 Å². The van der Waals surface area contributed by atoms with Crippen LogP contribution < -0.4 is 4.90 Å². The van der Waals surface area contributed by atoms with Gasteiger partial charge in [-0.1, -0.05) is 24.3 Å². The van der Waals surface area contributed by atoms with Crippen LogP contribution in [-0.2, 0) is 6.18 Å². The van der Waals surface area contributed by atoms with Crippen molar-refractivity contribution in [3.63, 3.8) is 0 Å². The molecule has 6 heteroatoms. The minimum Gasteiger partial charge on any atom is -0.362 e. The zero-order valence-corrected chi connectivity index (χ0v) is 12.6.